The highest BCUT2D eigenvalue weighted by Crippen LogP contribution is 2.45. The third kappa shape index (κ3) is 1.64. The fourth-order valence-corrected chi connectivity index (χ4v) is 2.28. The van der Waals surface area contributed by atoms with Gasteiger partial charge >= 0.3 is 6.18 Å². The van der Waals surface area contributed by atoms with Gasteiger partial charge in [0.15, 0.2) is 5.82 Å². The Morgan fingerprint density at radius 3 is 2.59 bits per heavy atom. The van der Waals surface area contributed by atoms with E-state index in [2.05, 4.69) is 20.5 Å². The van der Waals surface area contributed by atoms with Crippen LogP contribution in [0.1, 0.15) is 36.8 Å². The monoisotopic (exact) mass is 246 g/mol. The molecular weight excluding hydrogens is 233 g/mol. The summed E-state index contributed by atoms with van der Waals surface area (Å²) >= 11 is 0. The molecule has 1 aromatic heterocycles. The molecule has 2 fully saturated rings. The second-order valence-corrected chi connectivity index (χ2v) is 4.83. The Morgan fingerprint density at radius 2 is 2.06 bits per heavy atom. The molecule has 1 aliphatic heterocycles. The van der Waals surface area contributed by atoms with Crippen LogP contribution in [0.4, 0.5) is 13.2 Å². The van der Waals surface area contributed by atoms with Crippen LogP contribution in [-0.2, 0) is 5.41 Å². The molecule has 0 spiro atoms. The summed E-state index contributed by atoms with van der Waals surface area (Å²) in [5, 5.41) is 9.21. The maximum absolute atomic E-state index is 13.2. The molecule has 17 heavy (non-hydrogen) atoms. The van der Waals surface area contributed by atoms with Crippen molar-refractivity contribution in [3.8, 4) is 0 Å². The van der Waals surface area contributed by atoms with E-state index in [1.54, 1.807) is 0 Å². The molecule has 2 heterocycles. The number of halogens is 3. The number of nitrogens with one attached hydrogen (secondary N) is 2. The Labute approximate surface area is 96.0 Å². The lowest BCUT2D eigenvalue weighted by atomic mass is 9.85. The Hall–Kier alpha value is -1.11. The molecule has 0 aromatic carbocycles. The zero-order valence-electron chi connectivity index (χ0n) is 9.14. The molecule has 1 unspecified atom stereocenters. The first-order valence-corrected chi connectivity index (χ1v) is 5.73. The van der Waals surface area contributed by atoms with Crippen molar-refractivity contribution in [3.63, 3.8) is 0 Å². The van der Waals surface area contributed by atoms with Gasteiger partial charge in [0.1, 0.15) is 11.2 Å². The van der Waals surface area contributed by atoms with Crippen molar-refractivity contribution >= 4 is 0 Å². The summed E-state index contributed by atoms with van der Waals surface area (Å²) in [5.74, 6) is 0.795. The van der Waals surface area contributed by atoms with Crippen molar-refractivity contribution in [3.05, 3.63) is 11.6 Å². The van der Waals surface area contributed by atoms with Crippen LogP contribution in [0.5, 0.6) is 0 Å². The number of aromatic nitrogens is 3. The number of alkyl halides is 3. The average Bonchev–Trinajstić information content (AvgIpc) is 2.82. The van der Waals surface area contributed by atoms with Gasteiger partial charge < -0.3 is 5.32 Å². The molecule has 7 heteroatoms. The number of H-pyrrole nitrogens is 1. The lowest BCUT2D eigenvalue weighted by Gasteiger charge is -2.27. The predicted molar refractivity (Wildman–Crippen MR) is 53.6 cm³/mol. The molecule has 2 N–H and O–H groups in total. The number of rotatable bonds is 2. The van der Waals surface area contributed by atoms with Gasteiger partial charge in [0.05, 0.1) is 0 Å². The average molecular weight is 246 g/mol. The van der Waals surface area contributed by atoms with Gasteiger partial charge in [-0.2, -0.15) is 18.3 Å². The molecule has 3 rings (SSSR count). The van der Waals surface area contributed by atoms with Crippen LogP contribution in [0.2, 0.25) is 0 Å². The van der Waals surface area contributed by atoms with Crippen LogP contribution >= 0.6 is 0 Å². The third-order valence-corrected chi connectivity index (χ3v) is 3.59. The third-order valence-electron chi connectivity index (χ3n) is 3.59. The van der Waals surface area contributed by atoms with E-state index in [1.807, 2.05) is 0 Å². The molecule has 0 bridgehead atoms. The topological polar surface area (TPSA) is 53.6 Å². The molecule has 0 amide bonds. The molecule has 1 atom stereocenters. The molecule has 1 saturated heterocycles. The zero-order valence-corrected chi connectivity index (χ0v) is 9.14. The summed E-state index contributed by atoms with van der Waals surface area (Å²) in [4.78, 5) is 4.07. The van der Waals surface area contributed by atoms with Gasteiger partial charge in [-0.3, -0.25) is 5.10 Å². The molecule has 94 valence electrons. The fourth-order valence-electron chi connectivity index (χ4n) is 2.28. The Morgan fingerprint density at radius 1 is 1.29 bits per heavy atom. The lowest BCUT2D eigenvalue weighted by Crippen LogP contribution is -2.45. The summed E-state index contributed by atoms with van der Waals surface area (Å²) in [6, 6.07) is 0. The summed E-state index contributed by atoms with van der Waals surface area (Å²) in [6.45, 7) is 0.227. The summed E-state index contributed by atoms with van der Waals surface area (Å²) in [7, 11) is 0. The van der Waals surface area contributed by atoms with Crippen LogP contribution < -0.4 is 5.32 Å². The molecular formula is C10H13F3N4. The summed E-state index contributed by atoms with van der Waals surface area (Å²) in [5.41, 5.74) is -1.91. The van der Waals surface area contributed by atoms with Gasteiger partial charge in [0.25, 0.3) is 0 Å². The number of nitrogens with zero attached hydrogens (tertiary/aromatic N) is 2. The van der Waals surface area contributed by atoms with E-state index in [4.69, 9.17) is 0 Å². The van der Waals surface area contributed by atoms with Crippen LogP contribution in [0.3, 0.4) is 0 Å². The number of hydrogen-bond acceptors (Lipinski definition) is 3. The maximum atomic E-state index is 13.2. The lowest BCUT2D eigenvalue weighted by molar-refractivity contribution is -0.187. The molecule has 4 nitrogen and oxygen atoms in total. The minimum atomic E-state index is -4.31. The summed E-state index contributed by atoms with van der Waals surface area (Å²) in [6.07, 6.45) is -2.31. The van der Waals surface area contributed by atoms with E-state index < -0.39 is 11.6 Å². The van der Waals surface area contributed by atoms with Gasteiger partial charge in [0, 0.05) is 12.5 Å². The summed E-state index contributed by atoms with van der Waals surface area (Å²) < 4.78 is 39.6. The highest BCUT2D eigenvalue weighted by molar-refractivity contribution is 5.18. The number of aromatic amines is 1. The quantitative estimate of drug-likeness (QED) is 0.831. The van der Waals surface area contributed by atoms with E-state index in [0.29, 0.717) is 12.4 Å². The predicted octanol–water partition coefficient (Wildman–Crippen LogP) is 1.48. The van der Waals surface area contributed by atoms with Crippen LogP contribution in [-0.4, -0.2) is 34.4 Å². The first-order chi connectivity index (χ1) is 8.03. The Balaban J connectivity index is 1.97. The van der Waals surface area contributed by atoms with Crippen LogP contribution in [0.15, 0.2) is 0 Å². The molecule has 1 aliphatic carbocycles. The largest absolute Gasteiger partial charge is 0.402 e. The zero-order chi connectivity index (χ0) is 12.1. The SMILES string of the molecule is FC(F)(F)C1(c2n[nH]c(C3CC3)n2)CCNC1. The van der Waals surface area contributed by atoms with Gasteiger partial charge in [-0.1, -0.05) is 0 Å². The highest BCUT2D eigenvalue weighted by atomic mass is 19.4. The van der Waals surface area contributed by atoms with Gasteiger partial charge in [0.2, 0.25) is 0 Å². The van der Waals surface area contributed by atoms with Crippen molar-refractivity contribution in [2.75, 3.05) is 13.1 Å². The van der Waals surface area contributed by atoms with E-state index in [9.17, 15) is 13.2 Å². The van der Waals surface area contributed by atoms with Crippen molar-refractivity contribution in [2.24, 2.45) is 0 Å². The molecule has 1 aromatic rings. The van der Waals surface area contributed by atoms with E-state index >= 15 is 0 Å². The normalized spacial score (nSPS) is 29.8. The van der Waals surface area contributed by atoms with Crippen molar-refractivity contribution in [2.45, 2.75) is 36.8 Å². The van der Waals surface area contributed by atoms with E-state index in [0.717, 1.165) is 12.8 Å². The highest BCUT2D eigenvalue weighted by Gasteiger charge is 2.60. The van der Waals surface area contributed by atoms with Gasteiger partial charge in [-0.15, -0.1) is 0 Å². The molecule has 0 radical (unpaired) electrons. The standard InChI is InChI=1S/C10H13F3N4/c11-10(12,13)9(3-4-14-5-9)8-15-7(16-17-8)6-1-2-6/h6,14H,1-5H2,(H,15,16,17). The molecule has 1 saturated carbocycles. The van der Waals surface area contributed by atoms with E-state index in [1.165, 1.54) is 0 Å². The van der Waals surface area contributed by atoms with Crippen molar-refractivity contribution in [1.82, 2.24) is 20.5 Å². The molecule has 2 aliphatic rings. The first-order valence-electron chi connectivity index (χ1n) is 5.73. The minimum Gasteiger partial charge on any atom is -0.315 e. The van der Waals surface area contributed by atoms with Gasteiger partial charge in [-0.25, -0.2) is 4.98 Å². The number of hydrogen-bond donors (Lipinski definition) is 2. The second kappa shape index (κ2) is 3.44. The smallest absolute Gasteiger partial charge is 0.315 e. The second-order valence-electron chi connectivity index (χ2n) is 4.83. The Bertz CT molecular complexity index is 415. The van der Waals surface area contributed by atoms with Crippen molar-refractivity contribution < 1.29 is 13.2 Å². The minimum absolute atomic E-state index is 0.0124. The Kier molecular flexibility index (Phi) is 2.23. The van der Waals surface area contributed by atoms with Gasteiger partial charge in [-0.05, 0) is 25.8 Å². The van der Waals surface area contributed by atoms with Crippen molar-refractivity contribution in [1.29, 1.82) is 0 Å². The first kappa shape index (κ1) is 11.0. The van der Waals surface area contributed by atoms with E-state index in [-0.39, 0.29) is 24.7 Å². The maximum Gasteiger partial charge on any atom is 0.402 e. The van der Waals surface area contributed by atoms with Crippen LogP contribution in [0, 0.1) is 0 Å². The fraction of sp³-hybridized carbons (Fsp3) is 0.800. The van der Waals surface area contributed by atoms with Crippen LogP contribution in [0.25, 0.3) is 0 Å².